The van der Waals surface area contributed by atoms with Crippen LogP contribution in [0.2, 0.25) is 0 Å². The first-order valence-corrected chi connectivity index (χ1v) is 7.85. The highest BCUT2D eigenvalue weighted by atomic mass is 16.3. The van der Waals surface area contributed by atoms with Crippen molar-refractivity contribution in [2.75, 3.05) is 19.6 Å². The second-order valence-electron chi connectivity index (χ2n) is 6.47. The van der Waals surface area contributed by atoms with Crippen molar-refractivity contribution in [3.8, 4) is 0 Å². The topological polar surface area (TPSA) is 81.7 Å². The number of imide groups is 1. The summed E-state index contributed by atoms with van der Waals surface area (Å²) in [5.41, 5.74) is -0.860. The van der Waals surface area contributed by atoms with E-state index in [0.29, 0.717) is 13.1 Å². The van der Waals surface area contributed by atoms with Crippen molar-refractivity contribution in [2.45, 2.75) is 64.5 Å². The lowest BCUT2D eigenvalue weighted by atomic mass is 9.96. The van der Waals surface area contributed by atoms with Crippen LogP contribution in [0.25, 0.3) is 0 Å². The van der Waals surface area contributed by atoms with Gasteiger partial charge in [-0.1, -0.05) is 26.2 Å². The second kappa shape index (κ2) is 8.34. The zero-order valence-corrected chi connectivity index (χ0v) is 13.4. The van der Waals surface area contributed by atoms with E-state index < -0.39 is 11.6 Å². The molecule has 1 aliphatic carbocycles. The van der Waals surface area contributed by atoms with Crippen LogP contribution in [0.4, 0.5) is 4.79 Å². The molecule has 1 saturated carbocycles. The maximum Gasteiger partial charge on any atom is 0.321 e. The molecule has 1 fully saturated rings. The van der Waals surface area contributed by atoms with Crippen LogP contribution in [-0.2, 0) is 4.79 Å². The molecule has 6 nitrogen and oxygen atoms in total. The molecule has 6 heteroatoms. The summed E-state index contributed by atoms with van der Waals surface area (Å²) < 4.78 is 0. The fourth-order valence-electron chi connectivity index (χ4n) is 2.66. The van der Waals surface area contributed by atoms with E-state index >= 15 is 0 Å². The summed E-state index contributed by atoms with van der Waals surface area (Å²) in [6.45, 7) is 6.45. The molecule has 122 valence electrons. The van der Waals surface area contributed by atoms with Crippen molar-refractivity contribution in [2.24, 2.45) is 0 Å². The highest BCUT2D eigenvalue weighted by molar-refractivity contribution is 5.95. The minimum Gasteiger partial charge on any atom is -0.389 e. The first-order chi connectivity index (χ1) is 9.80. The maximum atomic E-state index is 11.9. The third kappa shape index (κ3) is 8.02. The number of hydrogen-bond donors (Lipinski definition) is 3. The van der Waals surface area contributed by atoms with Crippen LogP contribution in [0.1, 0.15) is 52.9 Å². The van der Waals surface area contributed by atoms with Gasteiger partial charge in [-0.25, -0.2) is 4.79 Å². The molecule has 21 heavy (non-hydrogen) atoms. The maximum absolute atomic E-state index is 11.9. The molecule has 0 unspecified atom stereocenters. The van der Waals surface area contributed by atoms with E-state index in [2.05, 4.69) is 10.6 Å². The monoisotopic (exact) mass is 299 g/mol. The average Bonchev–Trinajstić information content (AvgIpc) is 2.37. The first-order valence-electron chi connectivity index (χ1n) is 7.85. The van der Waals surface area contributed by atoms with Crippen LogP contribution in [0.15, 0.2) is 0 Å². The van der Waals surface area contributed by atoms with Gasteiger partial charge in [0.05, 0.1) is 12.1 Å². The van der Waals surface area contributed by atoms with Gasteiger partial charge in [-0.15, -0.1) is 0 Å². The Labute approximate surface area is 127 Å². The number of rotatable bonds is 6. The Bertz CT molecular complexity index is 347. The summed E-state index contributed by atoms with van der Waals surface area (Å²) in [6, 6.07) is -0.226. The van der Waals surface area contributed by atoms with Gasteiger partial charge in [0.2, 0.25) is 5.91 Å². The van der Waals surface area contributed by atoms with Gasteiger partial charge in [-0.2, -0.15) is 0 Å². The summed E-state index contributed by atoms with van der Waals surface area (Å²) in [5, 5.41) is 15.0. The Morgan fingerprint density at radius 2 is 1.86 bits per heavy atom. The number of likely N-dealkylation sites (N-methyl/N-ethyl adjacent to an activating group) is 1. The van der Waals surface area contributed by atoms with Crippen molar-refractivity contribution < 1.29 is 14.7 Å². The number of hydrogen-bond acceptors (Lipinski definition) is 4. The molecule has 0 bridgehead atoms. The Kier molecular flexibility index (Phi) is 7.11. The number of aliphatic hydroxyl groups is 1. The Balaban J connectivity index is 2.32. The Morgan fingerprint density at radius 1 is 1.24 bits per heavy atom. The predicted octanol–water partition coefficient (Wildman–Crippen LogP) is 1.24. The standard InChI is InChI=1S/C15H29N3O3/c1-4-18(11-15(2,3)21)10-13(19)17-14(20)16-12-8-6-5-7-9-12/h12,21H,4-11H2,1-3H3,(H2,16,17,19,20). The molecule has 0 aromatic carbocycles. The van der Waals surface area contributed by atoms with E-state index in [4.69, 9.17) is 0 Å². The zero-order chi connectivity index (χ0) is 15.9. The van der Waals surface area contributed by atoms with Crippen molar-refractivity contribution in [1.82, 2.24) is 15.5 Å². The zero-order valence-electron chi connectivity index (χ0n) is 13.4. The SMILES string of the molecule is CCN(CC(=O)NC(=O)NC1CCCCC1)CC(C)(C)O. The Morgan fingerprint density at radius 3 is 2.38 bits per heavy atom. The van der Waals surface area contributed by atoms with Crippen LogP contribution in [0.3, 0.4) is 0 Å². The van der Waals surface area contributed by atoms with Crippen molar-refractivity contribution >= 4 is 11.9 Å². The molecule has 0 aromatic heterocycles. The van der Waals surface area contributed by atoms with Crippen LogP contribution < -0.4 is 10.6 Å². The van der Waals surface area contributed by atoms with Crippen LogP contribution >= 0.6 is 0 Å². The number of carbonyl (C=O) groups is 2. The largest absolute Gasteiger partial charge is 0.389 e. The van der Waals surface area contributed by atoms with Gasteiger partial charge >= 0.3 is 6.03 Å². The highest BCUT2D eigenvalue weighted by Gasteiger charge is 2.21. The molecule has 0 radical (unpaired) electrons. The quantitative estimate of drug-likeness (QED) is 0.689. The fourth-order valence-corrected chi connectivity index (χ4v) is 2.66. The smallest absolute Gasteiger partial charge is 0.321 e. The fraction of sp³-hybridized carbons (Fsp3) is 0.867. The number of urea groups is 1. The molecule has 0 atom stereocenters. The molecule has 0 aromatic rings. The van der Waals surface area contributed by atoms with E-state index in [1.165, 1.54) is 6.42 Å². The molecule has 3 N–H and O–H groups in total. The summed E-state index contributed by atoms with van der Waals surface area (Å²) in [5.74, 6) is -0.339. The number of nitrogens with zero attached hydrogens (tertiary/aromatic N) is 1. The van der Waals surface area contributed by atoms with E-state index in [1.807, 2.05) is 11.8 Å². The predicted molar refractivity (Wildman–Crippen MR) is 82.0 cm³/mol. The van der Waals surface area contributed by atoms with Crippen LogP contribution in [0.5, 0.6) is 0 Å². The van der Waals surface area contributed by atoms with E-state index in [1.54, 1.807) is 13.8 Å². The number of carbonyl (C=O) groups excluding carboxylic acids is 2. The van der Waals surface area contributed by atoms with E-state index in [-0.39, 0.29) is 18.5 Å². The lowest BCUT2D eigenvalue weighted by Gasteiger charge is -2.27. The minimum atomic E-state index is -0.860. The molecule has 0 heterocycles. The summed E-state index contributed by atoms with van der Waals surface area (Å²) in [7, 11) is 0. The lowest BCUT2D eigenvalue weighted by molar-refractivity contribution is -0.121. The van der Waals surface area contributed by atoms with Crippen LogP contribution in [0, 0.1) is 0 Å². The lowest BCUT2D eigenvalue weighted by Crippen LogP contribution is -2.49. The normalized spacial score (nSPS) is 16.8. The van der Waals surface area contributed by atoms with Gasteiger partial charge in [-0.3, -0.25) is 15.0 Å². The van der Waals surface area contributed by atoms with Gasteiger partial charge in [0.25, 0.3) is 0 Å². The first kappa shape index (κ1) is 17.9. The molecular weight excluding hydrogens is 270 g/mol. The minimum absolute atomic E-state index is 0.110. The van der Waals surface area contributed by atoms with E-state index in [9.17, 15) is 14.7 Å². The van der Waals surface area contributed by atoms with Gasteiger partial charge in [-0.05, 0) is 33.2 Å². The average molecular weight is 299 g/mol. The molecular formula is C15H29N3O3. The van der Waals surface area contributed by atoms with Gasteiger partial charge in [0.15, 0.2) is 0 Å². The summed E-state index contributed by atoms with van der Waals surface area (Å²) in [6.07, 6.45) is 5.46. The molecule has 0 spiro atoms. The third-order valence-corrected chi connectivity index (χ3v) is 3.62. The third-order valence-electron chi connectivity index (χ3n) is 3.62. The van der Waals surface area contributed by atoms with Gasteiger partial charge in [0.1, 0.15) is 0 Å². The van der Waals surface area contributed by atoms with Crippen molar-refractivity contribution in [3.63, 3.8) is 0 Å². The van der Waals surface area contributed by atoms with Crippen molar-refractivity contribution in [3.05, 3.63) is 0 Å². The second-order valence-corrected chi connectivity index (χ2v) is 6.47. The van der Waals surface area contributed by atoms with Crippen LogP contribution in [-0.4, -0.2) is 53.2 Å². The van der Waals surface area contributed by atoms with Crippen molar-refractivity contribution in [1.29, 1.82) is 0 Å². The molecule has 0 aliphatic heterocycles. The highest BCUT2D eigenvalue weighted by Crippen LogP contribution is 2.17. The molecule has 1 rings (SSSR count). The molecule has 3 amide bonds. The van der Waals surface area contributed by atoms with Gasteiger partial charge < -0.3 is 10.4 Å². The molecule has 0 saturated heterocycles. The molecule has 1 aliphatic rings. The summed E-state index contributed by atoms with van der Waals surface area (Å²) >= 11 is 0. The Hall–Kier alpha value is -1.14. The number of nitrogens with one attached hydrogen (secondary N) is 2. The van der Waals surface area contributed by atoms with E-state index in [0.717, 1.165) is 25.7 Å². The number of amides is 3. The summed E-state index contributed by atoms with van der Waals surface area (Å²) in [4.78, 5) is 25.4. The van der Waals surface area contributed by atoms with Gasteiger partial charge in [0, 0.05) is 12.6 Å².